The monoisotopic (exact) mass is 504 g/mol. The van der Waals surface area contributed by atoms with Gasteiger partial charge in [0.25, 0.3) is 0 Å². The number of nitrogens with zero attached hydrogens (tertiary/aromatic N) is 1. The Balaban J connectivity index is 1.51. The molecule has 0 aliphatic carbocycles. The first-order valence-electron chi connectivity index (χ1n) is 10.4. The number of carbonyl (C=O) groups excluding carboxylic acids is 1. The van der Waals surface area contributed by atoms with Crippen LogP contribution in [0.15, 0.2) is 82.7 Å². The van der Waals surface area contributed by atoms with Gasteiger partial charge >= 0.3 is 5.97 Å². The number of hydrogen-bond donors (Lipinski definition) is 1. The van der Waals surface area contributed by atoms with Crippen molar-refractivity contribution >= 4 is 21.9 Å². The number of carbonyl (C=O) groups is 1. The number of aryl methyl sites for hydroxylation is 1. The zero-order chi connectivity index (χ0) is 23.4. The number of rotatable bonds is 6. The fourth-order valence-electron chi connectivity index (χ4n) is 3.62. The van der Waals surface area contributed by atoms with Gasteiger partial charge in [0.1, 0.15) is 28.9 Å². The highest BCUT2D eigenvalue weighted by Crippen LogP contribution is 2.43. The summed E-state index contributed by atoms with van der Waals surface area (Å²) in [6.45, 7) is 1.84. The fourth-order valence-corrected chi connectivity index (χ4v) is 3.89. The van der Waals surface area contributed by atoms with E-state index in [9.17, 15) is 10.1 Å². The van der Waals surface area contributed by atoms with E-state index in [2.05, 4.69) is 28.9 Å². The number of nitriles is 1. The molecule has 0 bridgehead atoms. The molecule has 0 fully saturated rings. The van der Waals surface area contributed by atoms with Gasteiger partial charge in [0.15, 0.2) is 6.61 Å². The molecular weight excluding hydrogens is 484 g/mol. The Morgan fingerprint density at radius 2 is 1.79 bits per heavy atom. The molecule has 1 aliphatic heterocycles. The average Bonchev–Trinajstić information content (AvgIpc) is 2.82. The van der Waals surface area contributed by atoms with E-state index in [0.29, 0.717) is 22.8 Å². The van der Waals surface area contributed by atoms with Crippen LogP contribution in [0, 0.1) is 11.3 Å². The molecule has 0 radical (unpaired) electrons. The first kappa shape index (κ1) is 22.4. The van der Waals surface area contributed by atoms with Crippen molar-refractivity contribution < 1.29 is 19.0 Å². The van der Waals surface area contributed by atoms with Gasteiger partial charge in [-0.25, -0.2) is 4.79 Å². The maximum atomic E-state index is 12.3. The lowest BCUT2D eigenvalue weighted by Gasteiger charge is -2.26. The highest BCUT2D eigenvalue weighted by atomic mass is 79.9. The Bertz CT molecular complexity index is 1240. The van der Waals surface area contributed by atoms with Crippen molar-refractivity contribution in [2.45, 2.75) is 19.3 Å². The quantitative estimate of drug-likeness (QED) is 0.365. The summed E-state index contributed by atoms with van der Waals surface area (Å²) in [7, 11) is 0. The first-order valence-corrected chi connectivity index (χ1v) is 11.2. The van der Waals surface area contributed by atoms with Crippen molar-refractivity contribution in [3.63, 3.8) is 0 Å². The van der Waals surface area contributed by atoms with Crippen LogP contribution in [-0.4, -0.2) is 12.6 Å². The molecule has 1 atom stereocenters. The van der Waals surface area contributed by atoms with Crippen LogP contribution in [0.5, 0.6) is 17.2 Å². The first-order chi connectivity index (χ1) is 16.0. The molecule has 4 rings (SSSR count). The molecule has 0 saturated carbocycles. The molecule has 1 unspecified atom stereocenters. The second-order valence-electron chi connectivity index (χ2n) is 7.44. The molecule has 6 nitrogen and oxygen atoms in total. The average molecular weight is 505 g/mol. The lowest BCUT2D eigenvalue weighted by Crippen LogP contribution is -2.21. The smallest absolute Gasteiger partial charge is 0.349 e. The lowest BCUT2D eigenvalue weighted by atomic mass is 9.83. The molecule has 33 heavy (non-hydrogen) atoms. The van der Waals surface area contributed by atoms with Crippen molar-refractivity contribution in [3.05, 3.63) is 99.3 Å². The zero-order valence-electron chi connectivity index (χ0n) is 17.9. The normalized spacial score (nSPS) is 14.6. The topological polar surface area (TPSA) is 94.6 Å². The number of allylic oxidation sites excluding steroid dienone is 1. The van der Waals surface area contributed by atoms with Gasteiger partial charge < -0.3 is 19.9 Å². The SMILES string of the molecule is CCc1ccc(OCC(=O)Oc2ccc3c(c2)OC(N)=C(C#N)C3c2ccc(Br)cc2)cc1. The summed E-state index contributed by atoms with van der Waals surface area (Å²) in [6.07, 6.45) is 0.932. The van der Waals surface area contributed by atoms with Crippen LogP contribution in [0.2, 0.25) is 0 Å². The summed E-state index contributed by atoms with van der Waals surface area (Å²) in [5.41, 5.74) is 9.22. The van der Waals surface area contributed by atoms with Crippen LogP contribution < -0.4 is 19.9 Å². The number of esters is 1. The van der Waals surface area contributed by atoms with E-state index in [-0.39, 0.29) is 18.4 Å². The highest BCUT2D eigenvalue weighted by molar-refractivity contribution is 9.10. The number of hydrogen-bond acceptors (Lipinski definition) is 6. The molecule has 0 saturated heterocycles. The third-order valence-corrected chi connectivity index (χ3v) is 5.84. The van der Waals surface area contributed by atoms with Crippen molar-refractivity contribution in [1.82, 2.24) is 0 Å². The molecule has 3 aromatic rings. The van der Waals surface area contributed by atoms with Crippen LogP contribution in [0.3, 0.4) is 0 Å². The van der Waals surface area contributed by atoms with Gasteiger partial charge in [-0.3, -0.25) is 0 Å². The van der Waals surface area contributed by atoms with E-state index in [1.54, 1.807) is 18.2 Å². The minimum absolute atomic E-state index is 0.0280. The van der Waals surface area contributed by atoms with Gasteiger partial charge in [0.2, 0.25) is 5.88 Å². The Kier molecular flexibility index (Phi) is 6.66. The fraction of sp³-hybridized carbons (Fsp3) is 0.154. The minimum Gasteiger partial charge on any atom is -0.482 e. The summed E-state index contributed by atoms with van der Waals surface area (Å²) in [5.74, 6) is 0.423. The van der Waals surface area contributed by atoms with Crippen LogP contribution in [0.25, 0.3) is 0 Å². The van der Waals surface area contributed by atoms with E-state index >= 15 is 0 Å². The Morgan fingerprint density at radius 3 is 2.45 bits per heavy atom. The van der Waals surface area contributed by atoms with Crippen LogP contribution in [0.4, 0.5) is 0 Å². The molecule has 3 aromatic carbocycles. The van der Waals surface area contributed by atoms with E-state index in [1.807, 2.05) is 48.5 Å². The van der Waals surface area contributed by atoms with E-state index in [0.717, 1.165) is 22.0 Å². The summed E-state index contributed by atoms with van der Waals surface area (Å²) < 4.78 is 17.5. The van der Waals surface area contributed by atoms with Gasteiger partial charge in [-0.05, 0) is 47.9 Å². The van der Waals surface area contributed by atoms with E-state index < -0.39 is 5.97 Å². The van der Waals surface area contributed by atoms with Crippen LogP contribution in [-0.2, 0) is 11.2 Å². The van der Waals surface area contributed by atoms with Crippen LogP contribution >= 0.6 is 15.9 Å². The molecule has 2 N–H and O–H groups in total. The number of fused-ring (bicyclic) bond motifs is 1. The summed E-state index contributed by atoms with van der Waals surface area (Å²) >= 11 is 3.43. The van der Waals surface area contributed by atoms with Crippen molar-refractivity contribution in [2.75, 3.05) is 6.61 Å². The molecule has 166 valence electrons. The third-order valence-electron chi connectivity index (χ3n) is 5.31. The second kappa shape index (κ2) is 9.80. The molecule has 7 heteroatoms. The number of benzene rings is 3. The second-order valence-corrected chi connectivity index (χ2v) is 8.35. The molecule has 0 spiro atoms. The van der Waals surface area contributed by atoms with E-state index in [1.165, 1.54) is 5.56 Å². The standard InChI is InChI=1S/C26H21BrN2O4/c1-2-16-3-9-19(10-4-16)31-15-24(30)32-20-11-12-21-23(13-20)33-26(29)22(14-28)25(21)17-5-7-18(27)8-6-17/h3-13,25H,2,15,29H2,1H3. The molecule has 0 aromatic heterocycles. The number of nitrogens with two attached hydrogens (primary N) is 1. The largest absolute Gasteiger partial charge is 0.482 e. The minimum atomic E-state index is -0.545. The maximum Gasteiger partial charge on any atom is 0.349 e. The Morgan fingerprint density at radius 1 is 1.09 bits per heavy atom. The van der Waals surface area contributed by atoms with Gasteiger partial charge in [-0.2, -0.15) is 5.26 Å². The molecule has 1 aliphatic rings. The van der Waals surface area contributed by atoms with Crippen molar-refractivity contribution in [1.29, 1.82) is 5.26 Å². The predicted octanol–water partition coefficient (Wildman–Crippen LogP) is 5.21. The van der Waals surface area contributed by atoms with Gasteiger partial charge in [0, 0.05) is 16.1 Å². The van der Waals surface area contributed by atoms with E-state index in [4.69, 9.17) is 19.9 Å². The highest BCUT2D eigenvalue weighted by Gasteiger charge is 2.31. The van der Waals surface area contributed by atoms with Gasteiger partial charge in [-0.15, -0.1) is 0 Å². The Labute approximate surface area is 200 Å². The van der Waals surface area contributed by atoms with Crippen molar-refractivity contribution in [3.8, 4) is 23.3 Å². The molecule has 1 heterocycles. The number of halogens is 1. The van der Waals surface area contributed by atoms with Crippen LogP contribution in [0.1, 0.15) is 29.5 Å². The Hall–Kier alpha value is -3.76. The number of ether oxygens (including phenoxy) is 3. The molecular formula is C26H21BrN2O4. The summed E-state index contributed by atoms with van der Waals surface area (Å²) in [4.78, 5) is 12.3. The van der Waals surface area contributed by atoms with Gasteiger partial charge in [0.05, 0.1) is 5.92 Å². The maximum absolute atomic E-state index is 12.3. The lowest BCUT2D eigenvalue weighted by molar-refractivity contribution is -0.136. The summed E-state index contributed by atoms with van der Waals surface area (Å²) in [6, 6.07) is 22.4. The zero-order valence-corrected chi connectivity index (χ0v) is 19.5. The van der Waals surface area contributed by atoms with Gasteiger partial charge in [-0.1, -0.05) is 53.2 Å². The summed E-state index contributed by atoms with van der Waals surface area (Å²) in [5, 5.41) is 9.67. The predicted molar refractivity (Wildman–Crippen MR) is 127 cm³/mol. The third kappa shape index (κ3) is 5.02. The van der Waals surface area contributed by atoms with Crippen molar-refractivity contribution in [2.24, 2.45) is 5.73 Å². The molecule has 0 amide bonds.